The van der Waals surface area contributed by atoms with Crippen molar-refractivity contribution in [3.8, 4) is 5.75 Å². The molecule has 0 saturated heterocycles. The van der Waals surface area contributed by atoms with Crippen molar-refractivity contribution in [3.05, 3.63) is 57.3 Å². The van der Waals surface area contributed by atoms with Crippen molar-refractivity contribution in [2.24, 2.45) is 0 Å². The van der Waals surface area contributed by atoms with E-state index >= 15 is 0 Å². The van der Waals surface area contributed by atoms with Crippen molar-refractivity contribution in [2.45, 2.75) is 25.9 Å². The van der Waals surface area contributed by atoms with Gasteiger partial charge >= 0.3 is 5.97 Å². The van der Waals surface area contributed by atoms with Crippen molar-refractivity contribution >= 4 is 22.9 Å². The van der Waals surface area contributed by atoms with Gasteiger partial charge < -0.3 is 14.7 Å². The van der Waals surface area contributed by atoms with Gasteiger partial charge in [0.1, 0.15) is 12.4 Å². The maximum Gasteiger partial charge on any atom is 0.303 e. The number of hydrogen-bond acceptors (Lipinski definition) is 4. The lowest BCUT2D eigenvalue weighted by atomic mass is 9.94. The van der Waals surface area contributed by atoms with Gasteiger partial charge in [0, 0.05) is 23.4 Å². The third-order valence-electron chi connectivity index (χ3n) is 4.28. The van der Waals surface area contributed by atoms with Crippen LogP contribution in [0, 0.1) is 0 Å². The fraction of sp³-hybridized carbons (Fsp3) is 0.350. The maximum atomic E-state index is 10.9. The zero-order valence-corrected chi connectivity index (χ0v) is 15.4. The number of carboxylic acids is 1. The summed E-state index contributed by atoms with van der Waals surface area (Å²) in [5, 5.41) is 11.0. The van der Waals surface area contributed by atoms with E-state index in [0.29, 0.717) is 13.0 Å². The minimum Gasteiger partial charge on any atom is -0.487 e. The zero-order valence-electron chi connectivity index (χ0n) is 14.6. The van der Waals surface area contributed by atoms with E-state index < -0.39 is 5.97 Å². The van der Waals surface area contributed by atoms with E-state index in [9.17, 15) is 4.79 Å². The topological polar surface area (TPSA) is 49.8 Å². The van der Waals surface area contributed by atoms with E-state index in [1.54, 1.807) is 11.3 Å². The van der Waals surface area contributed by atoms with Crippen LogP contribution in [0.3, 0.4) is 0 Å². The molecule has 1 aromatic carbocycles. The summed E-state index contributed by atoms with van der Waals surface area (Å²) >= 11 is 1.72. The molecule has 0 amide bonds. The number of carbonyl (C=O) groups is 1. The number of benzene rings is 1. The van der Waals surface area contributed by atoms with E-state index in [4.69, 9.17) is 9.84 Å². The Balaban J connectivity index is 1.98. The van der Waals surface area contributed by atoms with Crippen LogP contribution in [0.15, 0.2) is 35.7 Å². The van der Waals surface area contributed by atoms with E-state index in [1.807, 2.05) is 12.1 Å². The lowest BCUT2D eigenvalue weighted by molar-refractivity contribution is -0.136. The highest BCUT2D eigenvalue weighted by Gasteiger charge is 2.20. The molecule has 0 bridgehead atoms. The number of fused-ring (bicyclic) bond motifs is 2. The molecule has 0 aliphatic carbocycles. The highest BCUT2D eigenvalue weighted by atomic mass is 32.1. The van der Waals surface area contributed by atoms with Crippen LogP contribution >= 0.6 is 11.3 Å². The molecule has 0 saturated carbocycles. The first-order chi connectivity index (χ1) is 12.0. The number of aliphatic carboxylic acids is 1. The Kier molecular flexibility index (Phi) is 5.56. The van der Waals surface area contributed by atoms with Crippen molar-refractivity contribution in [2.75, 3.05) is 20.6 Å². The number of aryl methyl sites for hydroxylation is 1. The molecule has 2 heterocycles. The van der Waals surface area contributed by atoms with E-state index in [-0.39, 0.29) is 6.42 Å². The van der Waals surface area contributed by atoms with Gasteiger partial charge in [-0.15, -0.1) is 11.3 Å². The van der Waals surface area contributed by atoms with Crippen LogP contribution in [-0.4, -0.2) is 36.6 Å². The Hall–Kier alpha value is -2.11. The normalized spacial score (nSPS) is 14.8. The third-order valence-corrected chi connectivity index (χ3v) is 5.18. The summed E-state index contributed by atoms with van der Waals surface area (Å²) in [7, 11) is 4.14. The maximum absolute atomic E-state index is 10.9. The lowest BCUT2D eigenvalue weighted by Crippen LogP contribution is -2.12. The van der Waals surface area contributed by atoms with Crippen molar-refractivity contribution in [1.82, 2.24) is 4.90 Å². The molecule has 0 spiro atoms. The molecule has 3 rings (SSSR count). The summed E-state index contributed by atoms with van der Waals surface area (Å²) in [6, 6.07) is 8.19. The monoisotopic (exact) mass is 357 g/mol. The first-order valence-electron chi connectivity index (χ1n) is 8.44. The summed E-state index contributed by atoms with van der Waals surface area (Å²) < 4.78 is 6.01. The van der Waals surface area contributed by atoms with Gasteiger partial charge in [0.15, 0.2) is 0 Å². The molecule has 1 N–H and O–H groups in total. The Bertz CT molecular complexity index is 792. The molecular formula is C20H23NO3S. The van der Waals surface area contributed by atoms with Gasteiger partial charge in [-0.3, -0.25) is 4.79 Å². The molecular weight excluding hydrogens is 334 g/mol. The third kappa shape index (κ3) is 4.30. The van der Waals surface area contributed by atoms with Crippen molar-refractivity contribution < 1.29 is 14.6 Å². The molecule has 0 fully saturated rings. The summed E-state index contributed by atoms with van der Waals surface area (Å²) in [6.07, 6.45) is 3.91. The Morgan fingerprint density at radius 1 is 1.32 bits per heavy atom. The molecule has 1 aliphatic heterocycles. The number of hydrogen-bond donors (Lipinski definition) is 1. The Labute approximate surface area is 152 Å². The van der Waals surface area contributed by atoms with Gasteiger partial charge in [-0.05, 0) is 67.2 Å². The summed E-state index contributed by atoms with van der Waals surface area (Å²) in [5.74, 6) is 0.103. The Morgan fingerprint density at radius 2 is 2.16 bits per heavy atom. The predicted molar refractivity (Wildman–Crippen MR) is 101 cm³/mol. The van der Waals surface area contributed by atoms with Crippen LogP contribution in [0.25, 0.3) is 5.57 Å². The molecule has 0 unspecified atom stereocenters. The number of rotatable bonds is 6. The average Bonchev–Trinajstić information content (AvgIpc) is 2.98. The van der Waals surface area contributed by atoms with Crippen LogP contribution in [0.5, 0.6) is 5.75 Å². The van der Waals surface area contributed by atoms with E-state index in [1.165, 1.54) is 16.0 Å². The second-order valence-electron chi connectivity index (χ2n) is 6.48. The molecule has 2 aromatic rings. The summed E-state index contributed by atoms with van der Waals surface area (Å²) in [5.41, 5.74) is 4.53. The smallest absolute Gasteiger partial charge is 0.303 e. The minimum atomic E-state index is -0.770. The van der Waals surface area contributed by atoms with Crippen LogP contribution in [0.1, 0.15) is 34.4 Å². The van der Waals surface area contributed by atoms with Crippen molar-refractivity contribution in [1.29, 1.82) is 0 Å². The van der Waals surface area contributed by atoms with Crippen LogP contribution in [0.2, 0.25) is 0 Å². The molecule has 132 valence electrons. The quantitative estimate of drug-likeness (QED) is 0.848. The second-order valence-corrected chi connectivity index (χ2v) is 7.48. The van der Waals surface area contributed by atoms with Crippen molar-refractivity contribution in [3.63, 3.8) is 0 Å². The average molecular weight is 357 g/mol. The lowest BCUT2D eigenvalue weighted by Gasteiger charge is -2.13. The Morgan fingerprint density at radius 3 is 2.92 bits per heavy atom. The molecule has 25 heavy (non-hydrogen) atoms. The molecule has 5 heteroatoms. The number of nitrogens with zero attached hydrogens (tertiary/aromatic N) is 1. The van der Waals surface area contributed by atoms with Gasteiger partial charge in [-0.25, -0.2) is 0 Å². The largest absolute Gasteiger partial charge is 0.487 e. The molecule has 0 radical (unpaired) electrons. The number of ether oxygens (including phenoxy) is 1. The van der Waals surface area contributed by atoms with Gasteiger partial charge in [0.25, 0.3) is 0 Å². The number of carboxylic acid groups (broad SMARTS) is 1. The minimum absolute atomic E-state index is 0.142. The fourth-order valence-electron chi connectivity index (χ4n) is 2.99. The van der Waals surface area contributed by atoms with Gasteiger partial charge in [-0.2, -0.15) is 0 Å². The standard InChI is InChI=1S/C20H23NO3S/c1-21(2)10-3-4-15-16-9-11-25-19(16)13-24-18-7-5-14(12-17(15)18)6-8-20(22)23/h4-5,7,9,11-12H,3,6,8,10,13H2,1-2H3,(H,22,23)/b15-4+. The van der Waals surface area contributed by atoms with E-state index in [2.05, 4.69) is 42.6 Å². The first kappa shape index (κ1) is 17.7. The second kappa shape index (κ2) is 7.85. The highest BCUT2D eigenvalue weighted by Crippen LogP contribution is 2.39. The molecule has 1 aliphatic rings. The summed E-state index contributed by atoms with van der Waals surface area (Å²) in [6.45, 7) is 1.57. The molecule has 4 nitrogen and oxygen atoms in total. The van der Waals surface area contributed by atoms with E-state index in [0.717, 1.165) is 29.8 Å². The van der Waals surface area contributed by atoms with Crippen LogP contribution in [-0.2, 0) is 17.8 Å². The predicted octanol–water partition coefficient (Wildman–Crippen LogP) is 4.04. The summed E-state index contributed by atoms with van der Waals surface area (Å²) in [4.78, 5) is 14.3. The fourth-order valence-corrected chi connectivity index (χ4v) is 3.79. The van der Waals surface area contributed by atoms with Crippen LogP contribution < -0.4 is 4.74 Å². The highest BCUT2D eigenvalue weighted by molar-refractivity contribution is 7.10. The van der Waals surface area contributed by atoms with Gasteiger partial charge in [0.05, 0.1) is 0 Å². The SMILES string of the molecule is CN(C)CC/C=C1/c2cc(CCC(=O)O)ccc2OCc2sccc21. The zero-order chi connectivity index (χ0) is 17.8. The molecule has 1 aromatic heterocycles. The molecule has 0 atom stereocenters. The first-order valence-corrected chi connectivity index (χ1v) is 9.32. The van der Waals surface area contributed by atoms with Gasteiger partial charge in [0.2, 0.25) is 0 Å². The van der Waals surface area contributed by atoms with Gasteiger partial charge in [-0.1, -0.05) is 12.1 Å². The van der Waals surface area contributed by atoms with Crippen LogP contribution in [0.4, 0.5) is 0 Å². The number of thiophene rings is 1.